The van der Waals surface area contributed by atoms with Crippen LogP contribution in [0, 0.1) is 12.3 Å². The number of rotatable bonds is 1. The Morgan fingerprint density at radius 2 is 2.19 bits per heavy atom. The van der Waals surface area contributed by atoms with Crippen LogP contribution in [0.5, 0.6) is 0 Å². The minimum absolute atomic E-state index is 0.584. The summed E-state index contributed by atoms with van der Waals surface area (Å²) in [5, 5.41) is 3.47. The molecule has 16 heavy (non-hydrogen) atoms. The number of hydrogen-bond donors (Lipinski definition) is 1. The molecule has 3 heteroatoms. The fraction of sp³-hybridized carbons (Fsp3) is 0.538. The summed E-state index contributed by atoms with van der Waals surface area (Å²) in [4.78, 5) is 2.49. The molecule has 0 aromatic heterocycles. The molecule has 1 N–H and O–H groups in total. The van der Waals surface area contributed by atoms with Crippen LogP contribution in [0.4, 0.5) is 5.69 Å². The van der Waals surface area contributed by atoms with Gasteiger partial charge in [0.05, 0.1) is 0 Å². The molecule has 2 nitrogen and oxygen atoms in total. The Balaban J connectivity index is 1.73. The third kappa shape index (κ3) is 1.66. The molecule has 2 aliphatic rings. The molecular formula is C13H17BrN2. The van der Waals surface area contributed by atoms with E-state index in [2.05, 4.69) is 51.3 Å². The first-order valence-electron chi connectivity index (χ1n) is 5.90. The lowest BCUT2D eigenvalue weighted by molar-refractivity contribution is 0.243. The lowest BCUT2D eigenvalue weighted by Crippen LogP contribution is -2.57. The summed E-state index contributed by atoms with van der Waals surface area (Å²) in [5.74, 6) is 0. The van der Waals surface area contributed by atoms with Crippen molar-refractivity contribution < 1.29 is 0 Å². The second-order valence-corrected chi connectivity index (χ2v) is 6.07. The van der Waals surface area contributed by atoms with Crippen molar-refractivity contribution in [2.45, 2.75) is 13.3 Å². The highest BCUT2D eigenvalue weighted by Crippen LogP contribution is 2.39. The van der Waals surface area contributed by atoms with Gasteiger partial charge in [0.15, 0.2) is 0 Å². The first kappa shape index (κ1) is 10.6. The van der Waals surface area contributed by atoms with E-state index < -0.39 is 0 Å². The molecule has 0 bridgehead atoms. The van der Waals surface area contributed by atoms with Crippen molar-refractivity contribution in [3.8, 4) is 0 Å². The van der Waals surface area contributed by atoms with Crippen LogP contribution in [-0.2, 0) is 0 Å². The van der Waals surface area contributed by atoms with Gasteiger partial charge in [-0.15, -0.1) is 0 Å². The van der Waals surface area contributed by atoms with Crippen molar-refractivity contribution in [2.24, 2.45) is 5.41 Å². The van der Waals surface area contributed by atoms with Crippen LogP contribution in [-0.4, -0.2) is 26.2 Å². The van der Waals surface area contributed by atoms with E-state index in [4.69, 9.17) is 0 Å². The van der Waals surface area contributed by atoms with Gasteiger partial charge in [0.2, 0.25) is 0 Å². The number of halogens is 1. The second kappa shape index (κ2) is 3.74. The van der Waals surface area contributed by atoms with Crippen molar-refractivity contribution in [1.82, 2.24) is 5.32 Å². The SMILES string of the molecule is Cc1cc(N2CC3(CCNC3)C2)ccc1Br. The van der Waals surface area contributed by atoms with Crippen molar-refractivity contribution in [3.63, 3.8) is 0 Å². The first-order chi connectivity index (χ1) is 7.69. The molecule has 1 spiro atoms. The number of benzene rings is 1. The Bertz CT molecular complexity index is 402. The minimum Gasteiger partial charge on any atom is -0.370 e. The molecule has 0 unspecified atom stereocenters. The highest BCUT2D eigenvalue weighted by Gasteiger charge is 2.44. The van der Waals surface area contributed by atoms with E-state index in [9.17, 15) is 0 Å². The zero-order chi connectivity index (χ0) is 11.2. The molecule has 2 saturated heterocycles. The molecule has 2 fully saturated rings. The summed E-state index contributed by atoms with van der Waals surface area (Å²) in [6.07, 6.45) is 1.35. The molecule has 0 radical (unpaired) electrons. The van der Waals surface area contributed by atoms with E-state index in [1.54, 1.807) is 0 Å². The van der Waals surface area contributed by atoms with E-state index in [-0.39, 0.29) is 0 Å². The summed E-state index contributed by atoms with van der Waals surface area (Å²) in [7, 11) is 0. The molecule has 3 rings (SSSR count). The zero-order valence-corrected chi connectivity index (χ0v) is 11.2. The molecule has 0 saturated carbocycles. The number of anilines is 1. The van der Waals surface area contributed by atoms with Gasteiger partial charge in [0.1, 0.15) is 0 Å². The summed E-state index contributed by atoms with van der Waals surface area (Å²) in [6.45, 7) is 7.01. The average Bonchev–Trinajstić information content (AvgIpc) is 2.69. The Morgan fingerprint density at radius 1 is 1.38 bits per heavy atom. The lowest BCUT2D eigenvalue weighted by atomic mass is 9.79. The third-order valence-corrected chi connectivity index (χ3v) is 4.78. The predicted molar refractivity (Wildman–Crippen MR) is 71.0 cm³/mol. The Morgan fingerprint density at radius 3 is 2.81 bits per heavy atom. The van der Waals surface area contributed by atoms with Crippen LogP contribution >= 0.6 is 15.9 Å². The van der Waals surface area contributed by atoms with E-state index in [0.29, 0.717) is 5.41 Å². The smallest absolute Gasteiger partial charge is 0.0370 e. The predicted octanol–water partition coefficient (Wildman–Crippen LogP) is 2.56. The summed E-state index contributed by atoms with van der Waals surface area (Å²) < 4.78 is 1.20. The van der Waals surface area contributed by atoms with Crippen molar-refractivity contribution in [1.29, 1.82) is 0 Å². The quantitative estimate of drug-likeness (QED) is 0.851. The van der Waals surface area contributed by atoms with Crippen molar-refractivity contribution in [3.05, 3.63) is 28.2 Å². The molecule has 2 aliphatic heterocycles. The van der Waals surface area contributed by atoms with Crippen LogP contribution in [0.15, 0.2) is 22.7 Å². The van der Waals surface area contributed by atoms with E-state index in [1.165, 1.54) is 48.3 Å². The maximum absolute atomic E-state index is 3.55. The highest BCUT2D eigenvalue weighted by molar-refractivity contribution is 9.10. The molecule has 0 amide bonds. The highest BCUT2D eigenvalue weighted by atomic mass is 79.9. The topological polar surface area (TPSA) is 15.3 Å². The monoisotopic (exact) mass is 280 g/mol. The fourth-order valence-electron chi connectivity index (χ4n) is 2.84. The third-order valence-electron chi connectivity index (χ3n) is 3.89. The maximum atomic E-state index is 3.55. The molecule has 2 heterocycles. The van der Waals surface area contributed by atoms with Crippen LogP contribution in [0.25, 0.3) is 0 Å². The molecule has 86 valence electrons. The fourth-order valence-corrected chi connectivity index (χ4v) is 3.08. The molecule has 0 atom stereocenters. The Hall–Kier alpha value is -0.540. The van der Waals surface area contributed by atoms with Gasteiger partial charge in [-0.3, -0.25) is 0 Å². The minimum atomic E-state index is 0.584. The van der Waals surface area contributed by atoms with Gasteiger partial charge in [-0.1, -0.05) is 15.9 Å². The van der Waals surface area contributed by atoms with E-state index in [1.807, 2.05) is 0 Å². The van der Waals surface area contributed by atoms with Gasteiger partial charge in [0.25, 0.3) is 0 Å². The normalized spacial score (nSPS) is 22.5. The van der Waals surface area contributed by atoms with Gasteiger partial charge in [-0.2, -0.15) is 0 Å². The van der Waals surface area contributed by atoms with Gasteiger partial charge in [0, 0.05) is 35.2 Å². The van der Waals surface area contributed by atoms with Crippen LogP contribution in [0.3, 0.4) is 0 Å². The molecular weight excluding hydrogens is 264 g/mol. The second-order valence-electron chi connectivity index (χ2n) is 5.22. The van der Waals surface area contributed by atoms with E-state index >= 15 is 0 Å². The Kier molecular flexibility index (Phi) is 2.48. The van der Waals surface area contributed by atoms with Crippen molar-refractivity contribution in [2.75, 3.05) is 31.1 Å². The molecule has 1 aromatic carbocycles. The van der Waals surface area contributed by atoms with Gasteiger partial charge < -0.3 is 10.2 Å². The van der Waals surface area contributed by atoms with Crippen LogP contribution in [0.2, 0.25) is 0 Å². The number of aryl methyl sites for hydroxylation is 1. The van der Waals surface area contributed by atoms with Gasteiger partial charge in [-0.25, -0.2) is 0 Å². The average molecular weight is 281 g/mol. The molecule has 1 aromatic rings. The summed E-state index contributed by atoms with van der Waals surface area (Å²) in [5.41, 5.74) is 3.28. The summed E-state index contributed by atoms with van der Waals surface area (Å²) >= 11 is 3.55. The number of nitrogens with one attached hydrogen (secondary N) is 1. The van der Waals surface area contributed by atoms with Crippen molar-refractivity contribution >= 4 is 21.6 Å². The van der Waals surface area contributed by atoms with Gasteiger partial charge in [-0.05, 0) is 43.7 Å². The number of nitrogens with zero attached hydrogens (tertiary/aromatic N) is 1. The molecule has 0 aliphatic carbocycles. The van der Waals surface area contributed by atoms with Crippen LogP contribution < -0.4 is 10.2 Å². The van der Waals surface area contributed by atoms with E-state index in [0.717, 1.165) is 0 Å². The Labute approximate surface area is 105 Å². The summed E-state index contributed by atoms with van der Waals surface area (Å²) in [6, 6.07) is 6.65. The standard InChI is InChI=1S/C13H17BrN2/c1-10-6-11(2-3-12(10)14)16-8-13(9-16)4-5-15-7-13/h2-3,6,15H,4-5,7-9H2,1H3. The number of hydrogen-bond acceptors (Lipinski definition) is 2. The zero-order valence-electron chi connectivity index (χ0n) is 9.59. The maximum Gasteiger partial charge on any atom is 0.0370 e. The van der Waals surface area contributed by atoms with Gasteiger partial charge >= 0.3 is 0 Å². The largest absolute Gasteiger partial charge is 0.370 e. The van der Waals surface area contributed by atoms with Crippen LogP contribution in [0.1, 0.15) is 12.0 Å². The first-order valence-corrected chi connectivity index (χ1v) is 6.70. The lowest BCUT2D eigenvalue weighted by Gasteiger charge is -2.49.